The molecule has 2 N–H and O–H groups in total. The van der Waals surface area contributed by atoms with Gasteiger partial charge in [-0.3, -0.25) is 4.90 Å². The van der Waals surface area contributed by atoms with Gasteiger partial charge in [-0.05, 0) is 31.0 Å². The molecule has 1 aromatic heterocycles. The molecule has 2 saturated heterocycles. The number of hydrogen-bond acceptors (Lipinski definition) is 5. The molecule has 0 unspecified atom stereocenters. The number of nitrogens with one attached hydrogen (secondary N) is 1. The molecule has 3 heterocycles. The third kappa shape index (κ3) is 3.87. The van der Waals surface area contributed by atoms with Crippen molar-refractivity contribution in [2.24, 2.45) is 11.8 Å². The van der Waals surface area contributed by atoms with Crippen molar-refractivity contribution in [1.29, 1.82) is 0 Å². The fraction of sp³-hybridized carbons (Fsp3) is 0.632. The van der Waals surface area contributed by atoms with Gasteiger partial charge in [-0.2, -0.15) is 0 Å². The minimum Gasteiger partial charge on any atom is -0.396 e. The molecule has 136 valence electrons. The molecule has 2 atom stereocenters. The maximum atomic E-state index is 9.83. The summed E-state index contributed by atoms with van der Waals surface area (Å²) in [5.41, 5.74) is 2.13. The second-order valence-electron chi connectivity index (χ2n) is 7.70. The highest BCUT2D eigenvalue weighted by atomic mass is 16.3. The van der Waals surface area contributed by atoms with Crippen LogP contribution in [0.5, 0.6) is 0 Å². The maximum absolute atomic E-state index is 9.83. The first kappa shape index (κ1) is 17.0. The van der Waals surface area contributed by atoms with Gasteiger partial charge in [-0.15, -0.1) is 0 Å². The first-order chi connectivity index (χ1) is 12.2. The average Bonchev–Trinajstić information content (AvgIpc) is 3.20. The summed E-state index contributed by atoms with van der Waals surface area (Å²) < 4.78 is 0. The SMILES string of the molecule is CN1CCN(C[C@@H]2CN(Cc3nc4ccccc4[nH]3)C[C@@H]2CO)CC1. The largest absolute Gasteiger partial charge is 0.396 e. The molecular formula is C19H29N5O. The molecule has 2 aliphatic heterocycles. The van der Waals surface area contributed by atoms with Gasteiger partial charge in [0.05, 0.1) is 17.6 Å². The topological polar surface area (TPSA) is 58.6 Å². The first-order valence-corrected chi connectivity index (χ1v) is 9.39. The Morgan fingerprint density at radius 3 is 2.60 bits per heavy atom. The van der Waals surface area contributed by atoms with Gasteiger partial charge in [0.15, 0.2) is 0 Å². The van der Waals surface area contributed by atoms with E-state index < -0.39 is 0 Å². The van der Waals surface area contributed by atoms with E-state index in [4.69, 9.17) is 4.98 Å². The van der Waals surface area contributed by atoms with E-state index in [1.807, 2.05) is 18.2 Å². The van der Waals surface area contributed by atoms with Crippen LogP contribution in [-0.2, 0) is 6.54 Å². The maximum Gasteiger partial charge on any atom is 0.121 e. The molecule has 0 spiro atoms. The van der Waals surface area contributed by atoms with Crippen molar-refractivity contribution in [2.45, 2.75) is 6.54 Å². The van der Waals surface area contributed by atoms with Crippen LogP contribution in [0.2, 0.25) is 0 Å². The van der Waals surface area contributed by atoms with Gasteiger partial charge in [0.2, 0.25) is 0 Å². The van der Waals surface area contributed by atoms with E-state index in [2.05, 4.69) is 32.8 Å². The van der Waals surface area contributed by atoms with E-state index in [0.717, 1.165) is 69.2 Å². The molecule has 0 amide bonds. The Bertz CT molecular complexity index is 661. The second-order valence-corrected chi connectivity index (χ2v) is 7.70. The van der Waals surface area contributed by atoms with E-state index in [9.17, 15) is 5.11 Å². The fourth-order valence-corrected chi connectivity index (χ4v) is 4.23. The Morgan fingerprint density at radius 1 is 1.08 bits per heavy atom. The average molecular weight is 343 g/mol. The molecule has 1 aromatic carbocycles. The number of imidazole rings is 1. The summed E-state index contributed by atoms with van der Waals surface area (Å²) in [4.78, 5) is 15.5. The van der Waals surface area contributed by atoms with Crippen LogP contribution in [0.4, 0.5) is 0 Å². The Kier molecular flexibility index (Phi) is 5.03. The number of hydrogen-bond donors (Lipinski definition) is 2. The molecule has 2 aromatic rings. The summed E-state index contributed by atoms with van der Waals surface area (Å²) in [5, 5.41) is 9.83. The standard InChI is InChI=1S/C19H29N5O/c1-22-6-8-23(9-7-22)10-15-11-24(12-16(15)14-25)13-19-20-17-4-2-3-5-18(17)21-19/h2-5,15-16,25H,6-14H2,1H3,(H,20,21)/t15-,16-/m1/s1. The van der Waals surface area contributed by atoms with Crippen molar-refractivity contribution < 1.29 is 5.11 Å². The van der Waals surface area contributed by atoms with Gasteiger partial charge < -0.3 is 19.9 Å². The molecule has 6 heteroatoms. The van der Waals surface area contributed by atoms with E-state index >= 15 is 0 Å². The van der Waals surface area contributed by atoms with Gasteiger partial charge in [-0.1, -0.05) is 12.1 Å². The molecule has 0 saturated carbocycles. The zero-order valence-corrected chi connectivity index (χ0v) is 15.1. The third-order valence-corrected chi connectivity index (χ3v) is 5.79. The van der Waals surface area contributed by atoms with Crippen molar-refractivity contribution in [1.82, 2.24) is 24.7 Å². The number of aliphatic hydroxyl groups is 1. The lowest BCUT2D eigenvalue weighted by molar-refractivity contribution is 0.116. The number of piperazine rings is 1. The quantitative estimate of drug-likeness (QED) is 0.843. The minimum absolute atomic E-state index is 0.287. The monoisotopic (exact) mass is 343 g/mol. The molecule has 2 aliphatic rings. The summed E-state index contributed by atoms with van der Waals surface area (Å²) in [6.45, 7) is 8.84. The highest BCUT2D eigenvalue weighted by molar-refractivity contribution is 5.74. The number of rotatable bonds is 5. The van der Waals surface area contributed by atoms with Crippen LogP contribution in [0.1, 0.15) is 5.82 Å². The number of fused-ring (bicyclic) bond motifs is 1. The number of nitrogens with zero attached hydrogens (tertiary/aromatic N) is 4. The molecule has 4 rings (SSSR count). The molecule has 25 heavy (non-hydrogen) atoms. The molecule has 2 fully saturated rings. The van der Waals surface area contributed by atoms with Crippen molar-refractivity contribution in [3.05, 3.63) is 30.1 Å². The summed E-state index contributed by atoms with van der Waals surface area (Å²) >= 11 is 0. The predicted molar refractivity (Wildman–Crippen MR) is 99.4 cm³/mol. The number of aromatic amines is 1. The number of likely N-dealkylation sites (N-methyl/N-ethyl adjacent to an activating group) is 1. The number of H-pyrrole nitrogens is 1. The lowest BCUT2D eigenvalue weighted by Crippen LogP contribution is -2.47. The molecule has 0 bridgehead atoms. The minimum atomic E-state index is 0.287. The van der Waals surface area contributed by atoms with Crippen LogP contribution < -0.4 is 0 Å². The van der Waals surface area contributed by atoms with Gasteiger partial charge in [-0.25, -0.2) is 4.98 Å². The van der Waals surface area contributed by atoms with Gasteiger partial charge in [0.1, 0.15) is 5.82 Å². The van der Waals surface area contributed by atoms with E-state index in [-0.39, 0.29) is 6.61 Å². The lowest BCUT2D eigenvalue weighted by atomic mass is 9.96. The summed E-state index contributed by atoms with van der Waals surface area (Å²) in [7, 11) is 2.19. The number of benzene rings is 1. The van der Waals surface area contributed by atoms with Crippen LogP contribution in [0, 0.1) is 11.8 Å². The normalized spacial score (nSPS) is 26.6. The Hall–Kier alpha value is -1.47. The lowest BCUT2D eigenvalue weighted by Gasteiger charge is -2.34. The number of aromatic nitrogens is 2. The van der Waals surface area contributed by atoms with Crippen LogP contribution in [0.25, 0.3) is 11.0 Å². The summed E-state index contributed by atoms with van der Waals surface area (Å²) in [6, 6.07) is 8.18. The molecular weight excluding hydrogens is 314 g/mol. The van der Waals surface area contributed by atoms with Crippen molar-refractivity contribution >= 4 is 11.0 Å². The molecule has 6 nitrogen and oxygen atoms in total. The van der Waals surface area contributed by atoms with Gasteiger partial charge in [0, 0.05) is 52.4 Å². The van der Waals surface area contributed by atoms with Gasteiger partial charge in [0.25, 0.3) is 0 Å². The smallest absolute Gasteiger partial charge is 0.121 e. The van der Waals surface area contributed by atoms with Crippen LogP contribution >= 0.6 is 0 Å². The van der Waals surface area contributed by atoms with Crippen molar-refractivity contribution in [2.75, 3.05) is 59.5 Å². The zero-order chi connectivity index (χ0) is 17.2. The van der Waals surface area contributed by atoms with Crippen LogP contribution in [0.3, 0.4) is 0 Å². The Balaban J connectivity index is 1.37. The Labute approximate surface area is 149 Å². The van der Waals surface area contributed by atoms with E-state index in [0.29, 0.717) is 11.8 Å². The number of para-hydroxylation sites is 2. The summed E-state index contributed by atoms with van der Waals surface area (Å²) in [5.74, 6) is 1.96. The van der Waals surface area contributed by atoms with Crippen molar-refractivity contribution in [3.63, 3.8) is 0 Å². The van der Waals surface area contributed by atoms with Crippen molar-refractivity contribution in [3.8, 4) is 0 Å². The zero-order valence-electron chi connectivity index (χ0n) is 15.1. The molecule has 0 aliphatic carbocycles. The first-order valence-electron chi connectivity index (χ1n) is 9.39. The number of likely N-dealkylation sites (tertiary alicyclic amines) is 1. The second kappa shape index (κ2) is 7.41. The summed E-state index contributed by atoms with van der Waals surface area (Å²) in [6.07, 6.45) is 0. The Morgan fingerprint density at radius 2 is 1.84 bits per heavy atom. The fourth-order valence-electron chi connectivity index (χ4n) is 4.23. The number of aliphatic hydroxyl groups excluding tert-OH is 1. The predicted octanol–water partition coefficient (Wildman–Crippen LogP) is 0.851. The van der Waals surface area contributed by atoms with E-state index in [1.165, 1.54) is 0 Å². The van der Waals surface area contributed by atoms with E-state index in [1.54, 1.807) is 0 Å². The molecule has 0 radical (unpaired) electrons. The van der Waals surface area contributed by atoms with Crippen LogP contribution in [0.15, 0.2) is 24.3 Å². The van der Waals surface area contributed by atoms with Gasteiger partial charge >= 0.3 is 0 Å². The third-order valence-electron chi connectivity index (χ3n) is 5.79. The van der Waals surface area contributed by atoms with Crippen LogP contribution in [-0.4, -0.2) is 89.2 Å². The highest BCUT2D eigenvalue weighted by Gasteiger charge is 2.34. The highest BCUT2D eigenvalue weighted by Crippen LogP contribution is 2.26.